The van der Waals surface area contributed by atoms with Gasteiger partial charge in [-0.2, -0.15) is 0 Å². The van der Waals surface area contributed by atoms with Gasteiger partial charge in [0.2, 0.25) is 5.91 Å². The Morgan fingerprint density at radius 3 is 2.50 bits per heavy atom. The van der Waals surface area contributed by atoms with E-state index in [1.54, 1.807) is 11.8 Å². The Morgan fingerprint density at radius 2 is 1.79 bits per heavy atom. The lowest BCUT2D eigenvalue weighted by atomic mass is 10.0. The summed E-state index contributed by atoms with van der Waals surface area (Å²) in [7, 11) is 0. The highest BCUT2D eigenvalue weighted by atomic mass is 32.2. The molecular weight excluding hydrogens is 318 g/mol. The van der Waals surface area contributed by atoms with Crippen molar-refractivity contribution in [2.45, 2.75) is 36.3 Å². The molecule has 0 aliphatic carbocycles. The summed E-state index contributed by atoms with van der Waals surface area (Å²) < 4.78 is 0. The van der Waals surface area contributed by atoms with Gasteiger partial charge in [0.25, 0.3) is 0 Å². The van der Waals surface area contributed by atoms with Crippen LogP contribution in [0.3, 0.4) is 0 Å². The molecule has 1 aliphatic heterocycles. The zero-order valence-corrected chi connectivity index (χ0v) is 14.5. The van der Waals surface area contributed by atoms with E-state index in [0.29, 0.717) is 12.2 Å². The number of rotatable bonds is 6. The van der Waals surface area contributed by atoms with Crippen molar-refractivity contribution >= 4 is 17.7 Å². The first kappa shape index (κ1) is 17.1. The van der Waals surface area contributed by atoms with E-state index in [1.165, 1.54) is 0 Å². The maximum atomic E-state index is 12.6. The van der Waals surface area contributed by atoms with Gasteiger partial charge in [-0.1, -0.05) is 48.5 Å². The average molecular weight is 341 g/mol. The first-order chi connectivity index (χ1) is 11.7. The van der Waals surface area contributed by atoms with Crippen LogP contribution < -0.4 is 0 Å². The molecule has 24 heavy (non-hydrogen) atoms. The largest absolute Gasteiger partial charge is 0.388 e. The first-order valence-electron chi connectivity index (χ1n) is 8.44. The van der Waals surface area contributed by atoms with Gasteiger partial charge in [-0.3, -0.25) is 4.79 Å². The van der Waals surface area contributed by atoms with Crippen LogP contribution in [-0.4, -0.2) is 34.3 Å². The number of nitrogens with zero attached hydrogens (tertiary/aromatic N) is 1. The number of hydrogen-bond acceptors (Lipinski definition) is 3. The Bertz CT molecular complexity index is 647. The van der Waals surface area contributed by atoms with Crippen LogP contribution in [0.25, 0.3) is 0 Å². The molecule has 2 unspecified atom stereocenters. The lowest BCUT2D eigenvalue weighted by Crippen LogP contribution is -2.37. The topological polar surface area (TPSA) is 40.5 Å². The number of likely N-dealkylation sites (tertiary alicyclic amines) is 1. The van der Waals surface area contributed by atoms with E-state index in [0.717, 1.165) is 29.8 Å². The number of carbonyl (C=O) groups is 1. The third-order valence-corrected chi connectivity index (χ3v) is 5.48. The SMILES string of the molecule is O=C(CSc1ccccc1)N1CCCC1CC(O)c1ccccc1. The smallest absolute Gasteiger partial charge is 0.233 e. The second-order valence-electron chi connectivity index (χ2n) is 6.15. The van der Waals surface area contributed by atoms with Gasteiger partial charge in [-0.05, 0) is 37.0 Å². The van der Waals surface area contributed by atoms with E-state index < -0.39 is 6.10 Å². The molecule has 0 spiro atoms. The third kappa shape index (κ3) is 4.40. The van der Waals surface area contributed by atoms with Crippen LogP contribution >= 0.6 is 11.8 Å². The number of aliphatic hydroxyl groups excluding tert-OH is 1. The minimum absolute atomic E-state index is 0.143. The lowest BCUT2D eigenvalue weighted by Gasteiger charge is -2.26. The number of carbonyl (C=O) groups excluding carboxylic acids is 1. The molecule has 2 aromatic rings. The van der Waals surface area contributed by atoms with E-state index >= 15 is 0 Å². The predicted molar refractivity (Wildman–Crippen MR) is 97.9 cm³/mol. The maximum Gasteiger partial charge on any atom is 0.233 e. The molecule has 1 amide bonds. The fourth-order valence-electron chi connectivity index (χ4n) is 3.22. The molecule has 0 bridgehead atoms. The normalized spacial score (nSPS) is 18.5. The van der Waals surface area contributed by atoms with Crippen LogP contribution in [0.15, 0.2) is 65.6 Å². The van der Waals surface area contributed by atoms with Crippen molar-refractivity contribution in [3.05, 3.63) is 66.2 Å². The van der Waals surface area contributed by atoms with Gasteiger partial charge >= 0.3 is 0 Å². The fraction of sp³-hybridized carbons (Fsp3) is 0.350. The van der Waals surface area contributed by atoms with Crippen LogP contribution in [-0.2, 0) is 4.79 Å². The van der Waals surface area contributed by atoms with Crippen molar-refractivity contribution in [1.82, 2.24) is 4.90 Å². The zero-order valence-electron chi connectivity index (χ0n) is 13.7. The highest BCUT2D eigenvalue weighted by Crippen LogP contribution is 2.28. The van der Waals surface area contributed by atoms with Crippen molar-refractivity contribution in [1.29, 1.82) is 0 Å². The first-order valence-corrected chi connectivity index (χ1v) is 9.43. The number of thioether (sulfide) groups is 1. The van der Waals surface area contributed by atoms with Crippen LogP contribution in [0, 0.1) is 0 Å². The molecule has 4 heteroatoms. The van der Waals surface area contributed by atoms with Gasteiger partial charge in [0.15, 0.2) is 0 Å². The molecule has 0 radical (unpaired) electrons. The quantitative estimate of drug-likeness (QED) is 0.810. The molecule has 1 fully saturated rings. The van der Waals surface area contributed by atoms with Crippen molar-refractivity contribution in [3.63, 3.8) is 0 Å². The van der Waals surface area contributed by atoms with Gasteiger partial charge in [0, 0.05) is 17.5 Å². The summed E-state index contributed by atoms with van der Waals surface area (Å²) in [6, 6.07) is 19.9. The molecule has 1 saturated heterocycles. The molecule has 3 nitrogen and oxygen atoms in total. The Morgan fingerprint density at radius 1 is 1.12 bits per heavy atom. The van der Waals surface area contributed by atoms with E-state index in [-0.39, 0.29) is 11.9 Å². The van der Waals surface area contributed by atoms with E-state index in [2.05, 4.69) is 0 Å². The number of hydrogen-bond donors (Lipinski definition) is 1. The maximum absolute atomic E-state index is 12.6. The summed E-state index contributed by atoms with van der Waals surface area (Å²) in [5, 5.41) is 10.4. The summed E-state index contributed by atoms with van der Waals surface area (Å²) >= 11 is 1.58. The molecule has 1 N–H and O–H groups in total. The van der Waals surface area contributed by atoms with Crippen molar-refractivity contribution in [3.8, 4) is 0 Å². The van der Waals surface area contributed by atoms with Crippen LogP contribution in [0.4, 0.5) is 0 Å². The molecule has 126 valence electrons. The Balaban J connectivity index is 1.55. The summed E-state index contributed by atoms with van der Waals surface area (Å²) in [6.45, 7) is 0.806. The van der Waals surface area contributed by atoms with Crippen LogP contribution in [0.2, 0.25) is 0 Å². The van der Waals surface area contributed by atoms with Gasteiger partial charge in [-0.25, -0.2) is 0 Å². The van der Waals surface area contributed by atoms with Crippen molar-refractivity contribution < 1.29 is 9.90 Å². The van der Waals surface area contributed by atoms with E-state index in [9.17, 15) is 9.90 Å². The van der Waals surface area contributed by atoms with Crippen molar-refractivity contribution in [2.24, 2.45) is 0 Å². The Kier molecular flexibility index (Phi) is 5.94. The predicted octanol–water partition coefficient (Wildman–Crippen LogP) is 3.89. The molecular formula is C20H23NO2S. The molecule has 0 saturated carbocycles. The monoisotopic (exact) mass is 341 g/mol. The molecule has 2 atom stereocenters. The Hall–Kier alpha value is -1.78. The zero-order chi connectivity index (χ0) is 16.8. The van der Waals surface area contributed by atoms with E-state index in [1.807, 2.05) is 65.6 Å². The number of benzene rings is 2. The van der Waals surface area contributed by atoms with Gasteiger partial charge < -0.3 is 10.0 Å². The van der Waals surface area contributed by atoms with Gasteiger partial charge in [-0.15, -0.1) is 11.8 Å². The lowest BCUT2D eigenvalue weighted by molar-refractivity contribution is -0.129. The molecule has 0 aromatic heterocycles. The fourth-order valence-corrected chi connectivity index (χ4v) is 4.03. The number of aliphatic hydroxyl groups is 1. The summed E-state index contributed by atoms with van der Waals surface area (Å²) in [5.41, 5.74) is 0.926. The second kappa shape index (κ2) is 8.36. The highest BCUT2D eigenvalue weighted by Gasteiger charge is 2.30. The Labute approximate surface area is 147 Å². The molecule has 3 rings (SSSR count). The van der Waals surface area contributed by atoms with Gasteiger partial charge in [0.05, 0.1) is 11.9 Å². The molecule has 1 heterocycles. The van der Waals surface area contributed by atoms with E-state index in [4.69, 9.17) is 0 Å². The highest BCUT2D eigenvalue weighted by molar-refractivity contribution is 8.00. The third-order valence-electron chi connectivity index (χ3n) is 4.48. The minimum Gasteiger partial charge on any atom is -0.388 e. The van der Waals surface area contributed by atoms with Crippen molar-refractivity contribution in [2.75, 3.05) is 12.3 Å². The molecule has 2 aromatic carbocycles. The summed E-state index contributed by atoms with van der Waals surface area (Å²) in [6.07, 6.45) is 2.11. The average Bonchev–Trinajstić information content (AvgIpc) is 3.09. The molecule has 1 aliphatic rings. The summed E-state index contributed by atoms with van der Waals surface area (Å²) in [5.74, 6) is 0.633. The number of amides is 1. The standard InChI is InChI=1S/C20H23NO2S/c22-19(16-8-3-1-4-9-16)14-17-10-7-13-21(17)20(23)15-24-18-11-5-2-6-12-18/h1-6,8-9,11-12,17,19,22H,7,10,13-15H2. The van der Waals surface area contributed by atoms with Gasteiger partial charge in [0.1, 0.15) is 0 Å². The second-order valence-corrected chi connectivity index (χ2v) is 7.20. The van der Waals surface area contributed by atoms with Crippen LogP contribution in [0.1, 0.15) is 30.9 Å². The van der Waals surface area contributed by atoms with Crippen LogP contribution in [0.5, 0.6) is 0 Å². The summed E-state index contributed by atoms with van der Waals surface area (Å²) in [4.78, 5) is 15.6. The minimum atomic E-state index is -0.508.